The van der Waals surface area contributed by atoms with E-state index in [1.54, 1.807) is 30.3 Å². The molecule has 0 radical (unpaired) electrons. The molecule has 0 amide bonds. The predicted molar refractivity (Wildman–Crippen MR) is 108 cm³/mol. The smallest absolute Gasteiger partial charge is 0.338 e. The lowest BCUT2D eigenvalue weighted by molar-refractivity contribution is 0.0500. The second kappa shape index (κ2) is 8.52. The highest BCUT2D eigenvalue weighted by Gasteiger charge is 2.21. The molecular formula is C20H24N2O5S. The van der Waals surface area contributed by atoms with Gasteiger partial charge >= 0.3 is 5.97 Å². The fourth-order valence-electron chi connectivity index (χ4n) is 2.81. The first-order valence-corrected chi connectivity index (χ1v) is 10.7. The molecule has 0 saturated carbocycles. The van der Waals surface area contributed by atoms with Crippen molar-refractivity contribution in [1.29, 1.82) is 0 Å². The molecule has 0 aliphatic carbocycles. The molecule has 7 nitrogen and oxygen atoms in total. The van der Waals surface area contributed by atoms with Crippen molar-refractivity contribution in [2.75, 3.05) is 36.4 Å². The minimum atomic E-state index is -3.82. The van der Waals surface area contributed by atoms with Gasteiger partial charge in [0.25, 0.3) is 10.0 Å². The van der Waals surface area contributed by atoms with E-state index in [2.05, 4.69) is 4.72 Å². The van der Waals surface area contributed by atoms with Crippen LogP contribution < -0.4 is 14.4 Å². The van der Waals surface area contributed by atoms with Crippen LogP contribution in [0.4, 0.5) is 11.4 Å². The third-order valence-electron chi connectivity index (χ3n) is 4.42. The Kier molecular flexibility index (Phi) is 6.08. The molecule has 3 rings (SSSR count). The van der Waals surface area contributed by atoms with Gasteiger partial charge in [-0.3, -0.25) is 4.72 Å². The maximum atomic E-state index is 12.8. The SMILES string of the molecule is CCCCOC(=O)c1cccc(NS(=O)(=O)c2ccc3c(c2)N(C)CCO3)c1. The summed E-state index contributed by atoms with van der Waals surface area (Å²) >= 11 is 0. The minimum absolute atomic E-state index is 0.125. The zero-order valence-electron chi connectivity index (χ0n) is 16.0. The van der Waals surface area contributed by atoms with Gasteiger partial charge in [-0.15, -0.1) is 0 Å². The van der Waals surface area contributed by atoms with E-state index in [1.165, 1.54) is 12.1 Å². The molecule has 150 valence electrons. The molecule has 0 fully saturated rings. The van der Waals surface area contributed by atoms with E-state index in [0.29, 0.717) is 36.8 Å². The second-order valence-corrected chi connectivity index (χ2v) is 8.26. The van der Waals surface area contributed by atoms with Crippen molar-refractivity contribution in [3.8, 4) is 5.75 Å². The molecule has 28 heavy (non-hydrogen) atoms. The first-order valence-electron chi connectivity index (χ1n) is 9.18. The zero-order chi connectivity index (χ0) is 20.1. The van der Waals surface area contributed by atoms with Crippen LogP contribution in [-0.2, 0) is 14.8 Å². The van der Waals surface area contributed by atoms with Crippen LogP contribution in [0.25, 0.3) is 0 Å². The molecule has 0 saturated heterocycles. The normalized spacial score (nSPS) is 13.4. The maximum absolute atomic E-state index is 12.8. The Morgan fingerprint density at radius 1 is 1.25 bits per heavy atom. The average molecular weight is 404 g/mol. The van der Waals surface area contributed by atoms with Crippen LogP contribution in [0.2, 0.25) is 0 Å². The number of likely N-dealkylation sites (N-methyl/N-ethyl adjacent to an activating group) is 1. The fourth-order valence-corrected chi connectivity index (χ4v) is 3.88. The largest absolute Gasteiger partial charge is 0.490 e. The Morgan fingerprint density at radius 3 is 2.86 bits per heavy atom. The van der Waals surface area contributed by atoms with Gasteiger partial charge in [-0.2, -0.15) is 0 Å². The summed E-state index contributed by atoms with van der Waals surface area (Å²) < 4.78 is 38.9. The highest BCUT2D eigenvalue weighted by molar-refractivity contribution is 7.92. The molecule has 0 bridgehead atoms. The molecule has 2 aromatic carbocycles. The number of unbranched alkanes of at least 4 members (excludes halogenated alkanes) is 1. The van der Waals surface area contributed by atoms with Crippen molar-refractivity contribution in [2.24, 2.45) is 0 Å². The molecule has 2 aromatic rings. The Labute approximate surface area is 165 Å². The van der Waals surface area contributed by atoms with Crippen LogP contribution in [-0.4, -0.2) is 41.2 Å². The van der Waals surface area contributed by atoms with Gasteiger partial charge in [0.05, 0.1) is 29.3 Å². The number of benzene rings is 2. The Bertz CT molecular complexity index is 959. The summed E-state index contributed by atoms with van der Waals surface area (Å²) in [5.41, 5.74) is 1.32. The Morgan fingerprint density at radius 2 is 2.07 bits per heavy atom. The van der Waals surface area contributed by atoms with Crippen LogP contribution in [0.15, 0.2) is 47.4 Å². The van der Waals surface area contributed by atoms with Gasteiger partial charge in [0.15, 0.2) is 0 Å². The number of nitrogens with zero attached hydrogens (tertiary/aromatic N) is 1. The number of ether oxygens (including phenoxy) is 2. The van der Waals surface area contributed by atoms with Gasteiger partial charge in [0.1, 0.15) is 12.4 Å². The number of rotatable bonds is 7. The van der Waals surface area contributed by atoms with E-state index < -0.39 is 16.0 Å². The van der Waals surface area contributed by atoms with Gasteiger partial charge in [-0.1, -0.05) is 19.4 Å². The summed E-state index contributed by atoms with van der Waals surface area (Å²) in [5, 5.41) is 0. The fraction of sp³-hybridized carbons (Fsp3) is 0.350. The number of carbonyl (C=O) groups is 1. The summed E-state index contributed by atoms with van der Waals surface area (Å²) in [5.74, 6) is 0.187. The first-order chi connectivity index (χ1) is 13.4. The van der Waals surface area contributed by atoms with Crippen molar-refractivity contribution in [3.63, 3.8) is 0 Å². The van der Waals surface area contributed by atoms with Crippen molar-refractivity contribution in [1.82, 2.24) is 0 Å². The quantitative estimate of drug-likeness (QED) is 0.563. The first kappa shape index (κ1) is 20.0. The Balaban J connectivity index is 1.78. The van der Waals surface area contributed by atoms with E-state index in [9.17, 15) is 13.2 Å². The summed E-state index contributed by atoms with van der Waals surface area (Å²) in [6.45, 7) is 3.60. The summed E-state index contributed by atoms with van der Waals surface area (Å²) in [4.78, 5) is 14.2. The molecule has 0 unspecified atom stereocenters. The standard InChI is InChI=1S/C20H24N2O5S/c1-3-4-11-27-20(23)15-6-5-7-16(13-15)21-28(24,25)17-8-9-19-18(14-17)22(2)10-12-26-19/h5-9,13-14,21H,3-4,10-12H2,1-2H3. The summed E-state index contributed by atoms with van der Waals surface area (Å²) in [7, 11) is -1.93. The molecule has 0 spiro atoms. The molecule has 0 aromatic heterocycles. The molecule has 1 aliphatic rings. The Hall–Kier alpha value is -2.74. The third-order valence-corrected chi connectivity index (χ3v) is 5.80. The molecule has 8 heteroatoms. The molecule has 0 atom stereocenters. The highest BCUT2D eigenvalue weighted by atomic mass is 32.2. The molecular weight excluding hydrogens is 380 g/mol. The van der Waals surface area contributed by atoms with Gasteiger partial charge in [-0.25, -0.2) is 13.2 Å². The van der Waals surface area contributed by atoms with E-state index in [4.69, 9.17) is 9.47 Å². The van der Waals surface area contributed by atoms with Crippen LogP contribution in [0.5, 0.6) is 5.75 Å². The van der Waals surface area contributed by atoms with Gasteiger partial charge in [0.2, 0.25) is 0 Å². The van der Waals surface area contributed by atoms with Gasteiger partial charge in [0, 0.05) is 12.7 Å². The lowest BCUT2D eigenvalue weighted by Gasteiger charge is -2.28. The van der Waals surface area contributed by atoms with Gasteiger partial charge < -0.3 is 14.4 Å². The van der Waals surface area contributed by atoms with Crippen molar-refractivity contribution in [3.05, 3.63) is 48.0 Å². The van der Waals surface area contributed by atoms with Crippen LogP contribution in [0.1, 0.15) is 30.1 Å². The van der Waals surface area contributed by atoms with Crippen LogP contribution in [0.3, 0.4) is 0 Å². The van der Waals surface area contributed by atoms with Crippen molar-refractivity contribution >= 4 is 27.4 Å². The number of sulfonamides is 1. The number of esters is 1. The van der Waals surface area contributed by atoms with Crippen molar-refractivity contribution < 1.29 is 22.7 Å². The number of anilines is 2. The third kappa shape index (κ3) is 4.56. The van der Waals surface area contributed by atoms with E-state index in [0.717, 1.165) is 18.5 Å². The zero-order valence-corrected chi connectivity index (χ0v) is 16.8. The average Bonchev–Trinajstić information content (AvgIpc) is 2.68. The number of hydrogen-bond donors (Lipinski definition) is 1. The predicted octanol–water partition coefficient (Wildman–Crippen LogP) is 3.27. The van der Waals surface area contributed by atoms with E-state index >= 15 is 0 Å². The van der Waals surface area contributed by atoms with Crippen LogP contribution in [0, 0.1) is 0 Å². The van der Waals surface area contributed by atoms with Crippen LogP contribution >= 0.6 is 0 Å². The monoisotopic (exact) mass is 404 g/mol. The number of nitrogens with one attached hydrogen (secondary N) is 1. The molecule has 1 heterocycles. The maximum Gasteiger partial charge on any atom is 0.338 e. The second-order valence-electron chi connectivity index (χ2n) is 6.58. The van der Waals surface area contributed by atoms with Crippen molar-refractivity contribution in [2.45, 2.75) is 24.7 Å². The topological polar surface area (TPSA) is 84.9 Å². The lowest BCUT2D eigenvalue weighted by Crippen LogP contribution is -2.29. The minimum Gasteiger partial charge on any atom is -0.490 e. The highest BCUT2D eigenvalue weighted by Crippen LogP contribution is 2.33. The number of fused-ring (bicyclic) bond motifs is 1. The lowest BCUT2D eigenvalue weighted by atomic mass is 10.2. The molecule has 1 aliphatic heterocycles. The molecule has 1 N–H and O–H groups in total. The summed E-state index contributed by atoms with van der Waals surface area (Å²) in [6.07, 6.45) is 1.71. The number of carbonyl (C=O) groups excluding carboxylic acids is 1. The van der Waals surface area contributed by atoms with Gasteiger partial charge in [-0.05, 0) is 42.8 Å². The summed E-state index contributed by atoms with van der Waals surface area (Å²) in [6, 6.07) is 11.0. The van der Waals surface area contributed by atoms with E-state index in [1.807, 2.05) is 18.9 Å². The van der Waals surface area contributed by atoms with E-state index in [-0.39, 0.29) is 4.90 Å². The number of hydrogen-bond acceptors (Lipinski definition) is 6.